The second kappa shape index (κ2) is 8.48. The number of anilines is 3. The number of hydrogen-bond donors (Lipinski definition) is 3. The molecule has 0 heterocycles. The van der Waals surface area contributed by atoms with E-state index >= 15 is 0 Å². The van der Waals surface area contributed by atoms with Crippen LogP contribution in [0.3, 0.4) is 0 Å². The number of para-hydroxylation sites is 2. The summed E-state index contributed by atoms with van der Waals surface area (Å²) in [7, 11) is 3.82. The summed E-state index contributed by atoms with van der Waals surface area (Å²) in [6, 6.07) is 18.7. The van der Waals surface area contributed by atoms with Crippen LogP contribution >= 0.6 is 0 Å². The van der Waals surface area contributed by atoms with E-state index in [0.29, 0.717) is 22.5 Å². The lowest BCUT2D eigenvalue weighted by atomic mass is 10.1. The molecule has 2 amide bonds. The summed E-state index contributed by atoms with van der Waals surface area (Å²) in [5.74, 6) is -0.488. The van der Waals surface area contributed by atoms with Crippen molar-refractivity contribution in [1.29, 1.82) is 0 Å². The molecule has 0 fully saturated rings. The summed E-state index contributed by atoms with van der Waals surface area (Å²) in [6.07, 6.45) is 0. The third kappa shape index (κ3) is 4.73. The molecule has 0 aliphatic heterocycles. The summed E-state index contributed by atoms with van der Waals surface area (Å²) >= 11 is 0. The van der Waals surface area contributed by atoms with Crippen LogP contribution in [0.1, 0.15) is 26.3 Å². The maximum Gasteiger partial charge on any atom is 0.255 e. The fourth-order valence-corrected chi connectivity index (χ4v) is 2.87. The minimum atomic E-state index is -0.316. The molecule has 0 atom stereocenters. The van der Waals surface area contributed by atoms with Gasteiger partial charge in [0.25, 0.3) is 11.8 Å². The van der Waals surface area contributed by atoms with E-state index in [9.17, 15) is 14.7 Å². The van der Waals surface area contributed by atoms with Crippen LogP contribution in [0.25, 0.3) is 0 Å². The van der Waals surface area contributed by atoms with E-state index in [4.69, 9.17) is 0 Å². The molecule has 0 bridgehead atoms. The summed E-state index contributed by atoms with van der Waals surface area (Å²) in [4.78, 5) is 27.2. The molecule has 0 saturated carbocycles. The van der Waals surface area contributed by atoms with Crippen molar-refractivity contribution < 1.29 is 14.7 Å². The Labute approximate surface area is 169 Å². The highest BCUT2D eigenvalue weighted by Gasteiger charge is 2.13. The molecule has 3 rings (SSSR count). The van der Waals surface area contributed by atoms with Crippen molar-refractivity contribution in [1.82, 2.24) is 0 Å². The van der Waals surface area contributed by atoms with Crippen molar-refractivity contribution in [3.8, 4) is 5.75 Å². The molecule has 148 valence electrons. The van der Waals surface area contributed by atoms with E-state index in [1.807, 2.05) is 50.2 Å². The van der Waals surface area contributed by atoms with Crippen LogP contribution in [0.4, 0.5) is 17.1 Å². The standard InChI is InChI=1S/C23H23N3O3/c1-15-8-9-17(23(29)24-19-6-4-5-7-21(19)26(2)3)14-20(15)25-22(28)16-10-12-18(27)13-11-16/h4-14,27H,1-3H3,(H,24,29)(H,25,28). The monoisotopic (exact) mass is 389 g/mol. The third-order valence-electron chi connectivity index (χ3n) is 4.51. The SMILES string of the molecule is Cc1ccc(C(=O)Nc2ccccc2N(C)C)cc1NC(=O)c1ccc(O)cc1. The molecule has 3 N–H and O–H groups in total. The van der Waals surface area contributed by atoms with Crippen molar-refractivity contribution >= 4 is 28.9 Å². The number of aromatic hydroxyl groups is 1. The summed E-state index contributed by atoms with van der Waals surface area (Å²) in [5.41, 5.74) is 3.84. The van der Waals surface area contributed by atoms with E-state index in [2.05, 4.69) is 10.6 Å². The fraction of sp³-hybridized carbons (Fsp3) is 0.130. The topological polar surface area (TPSA) is 81.7 Å². The fourth-order valence-electron chi connectivity index (χ4n) is 2.87. The molecule has 0 unspecified atom stereocenters. The molecular weight excluding hydrogens is 366 g/mol. The van der Waals surface area contributed by atoms with E-state index in [1.54, 1.807) is 18.2 Å². The Morgan fingerprint density at radius 3 is 2.07 bits per heavy atom. The number of aryl methyl sites for hydroxylation is 1. The van der Waals surface area contributed by atoms with Gasteiger partial charge in [0.2, 0.25) is 0 Å². The van der Waals surface area contributed by atoms with Crippen LogP contribution in [-0.2, 0) is 0 Å². The number of nitrogens with zero attached hydrogens (tertiary/aromatic N) is 1. The number of nitrogens with one attached hydrogen (secondary N) is 2. The average Bonchev–Trinajstić information content (AvgIpc) is 2.70. The molecule has 0 radical (unpaired) electrons. The molecular formula is C23H23N3O3. The number of benzene rings is 3. The van der Waals surface area contributed by atoms with Crippen LogP contribution < -0.4 is 15.5 Å². The first-order valence-electron chi connectivity index (χ1n) is 9.14. The molecule has 6 nitrogen and oxygen atoms in total. The van der Waals surface area contributed by atoms with Crippen LogP contribution in [-0.4, -0.2) is 31.0 Å². The molecule has 6 heteroatoms. The van der Waals surface area contributed by atoms with E-state index in [-0.39, 0.29) is 17.6 Å². The van der Waals surface area contributed by atoms with Gasteiger partial charge in [-0.2, -0.15) is 0 Å². The first-order valence-corrected chi connectivity index (χ1v) is 9.14. The molecule has 3 aromatic rings. The van der Waals surface area contributed by atoms with Gasteiger partial charge in [-0.25, -0.2) is 0 Å². The van der Waals surface area contributed by atoms with Crippen molar-refractivity contribution in [2.24, 2.45) is 0 Å². The van der Waals surface area contributed by atoms with Crippen molar-refractivity contribution in [2.75, 3.05) is 29.6 Å². The Morgan fingerprint density at radius 2 is 1.38 bits per heavy atom. The molecule has 0 aliphatic rings. The molecule has 0 spiro atoms. The van der Waals surface area contributed by atoms with E-state index in [0.717, 1.165) is 11.3 Å². The lowest BCUT2D eigenvalue weighted by molar-refractivity contribution is 0.101. The number of carbonyl (C=O) groups is 2. The second-order valence-electron chi connectivity index (χ2n) is 6.90. The zero-order valence-electron chi connectivity index (χ0n) is 16.6. The van der Waals surface area contributed by atoms with E-state index < -0.39 is 0 Å². The van der Waals surface area contributed by atoms with Gasteiger partial charge in [0.15, 0.2) is 0 Å². The molecule has 29 heavy (non-hydrogen) atoms. The minimum Gasteiger partial charge on any atom is -0.508 e. The summed E-state index contributed by atoms with van der Waals surface area (Å²) < 4.78 is 0. The van der Waals surface area contributed by atoms with Gasteiger partial charge < -0.3 is 20.6 Å². The average molecular weight is 389 g/mol. The van der Waals surface area contributed by atoms with Gasteiger partial charge >= 0.3 is 0 Å². The third-order valence-corrected chi connectivity index (χ3v) is 4.51. The van der Waals surface area contributed by atoms with Crippen molar-refractivity contribution in [3.63, 3.8) is 0 Å². The summed E-state index contributed by atoms with van der Waals surface area (Å²) in [5, 5.41) is 15.1. The Kier molecular flexibility index (Phi) is 5.83. The predicted octanol–water partition coefficient (Wildman–Crippen LogP) is 4.27. The smallest absolute Gasteiger partial charge is 0.255 e. The Balaban J connectivity index is 1.80. The number of amides is 2. The van der Waals surface area contributed by atoms with Gasteiger partial charge in [-0.1, -0.05) is 18.2 Å². The number of rotatable bonds is 5. The van der Waals surface area contributed by atoms with Gasteiger partial charge in [-0.15, -0.1) is 0 Å². The lowest BCUT2D eigenvalue weighted by Gasteiger charge is -2.18. The lowest BCUT2D eigenvalue weighted by Crippen LogP contribution is -2.17. The minimum absolute atomic E-state index is 0.0920. The number of carbonyl (C=O) groups excluding carboxylic acids is 2. The highest BCUT2D eigenvalue weighted by molar-refractivity contribution is 6.08. The zero-order chi connectivity index (χ0) is 21.0. The van der Waals surface area contributed by atoms with Crippen LogP contribution in [0, 0.1) is 6.92 Å². The Bertz CT molecular complexity index is 1040. The van der Waals surface area contributed by atoms with Gasteiger partial charge in [0.1, 0.15) is 5.75 Å². The maximum atomic E-state index is 12.8. The molecule has 3 aromatic carbocycles. The van der Waals surface area contributed by atoms with Gasteiger partial charge in [-0.05, 0) is 61.0 Å². The second-order valence-corrected chi connectivity index (χ2v) is 6.90. The number of phenolic OH excluding ortho intramolecular Hbond substituents is 1. The number of phenols is 1. The van der Waals surface area contributed by atoms with Crippen LogP contribution in [0.5, 0.6) is 5.75 Å². The highest BCUT2D eigenvalue weighted by Crippen LogP contribution is 2.25. The Hall–Kier alpha value is -3.80. The van der Waals surface area contributed by atoms with Gasteiger partial charge in [0, 0.05) is 30.9 Å². The Morgan fingerprint density at radius 1 is 0.793 bits per heavy atom. The maximum absolute atomic E-state index is 12.8. The zero-order valence-corrected chi connectivity index (χ0v) is 16.6. The summed E-state index contributed by atoms with van der Waals surface area (Å²) in [6.45, 7) is 1.86. The molecule has 0 aliphatic carbocycles. The van der Waals surface area contributed by atoms with E-state index in [1.165, 1.54) is 24.3 Å². The van der Waals surface area contributed by atoms with Gasteiger partial charge in [-0.3, -0.25) is 9.59 Å². The first-order chi connectivity index (χ1) is 13.8. The van der Waals surface area contributed by atoms with Crippen molar-refractivity contribution in [3.05, 3.63) is 83.4 Å². The highest BCUT2D eigenvalue weighted by atomic mass is 16.3. The first kappa shape index (κ1) is 19.9. The largest absolute Gasteiger partial charge is 0.508 e. The molecule has 0 saturated heterocycles. The quantitative estimate of drug-likeness (QED) is 0.609. The molecule has 0 aromatic heterocycles. The van der Waals surface area contributed by atoms with Crippen LogP contribution in [0.2, 0.25) is 0 Å². The predicted molar refractivity (Wildman–Crippen MR) is 116 cm³/mol. The van der Waals surface area contributed by atoms with Crippen molar-refractivity contribution in [2.45, 2.75) is 6.92 Å². The van der Waals surface area contributed by atoms with Gasteiger partial charge in [0.05, 0.1) is 11.4 Å². The van der Waals surface area contributed by atoms with Crippen LogP contribution in [0.15, 0.2) is 66.7 Å². The normalized spacial score (nSPS) is 10.3. The number of hydrogen-bond acceptors (Lipinski definition) is 4.